The molecule has 1 amide bonds. The van der Waals surface area contributed by atoms with Crippen LogP contribution in [-0.2, 0) is 7.05 Å². The Bertz CT molecular complexity index is 848. The van der Waals surface area contributed by atoms with Crippen molar-refractivity contribution < 1.29 is 9.21 Å². The van der Waals surface area contributed by atoms with Gasteiger partial charge in [-0.05, 0) is 12.1 Å². The highest BCUT2D eigenvalue weighted by Crippen LogP contribution is 2.13. The van der Waals surface area contributed by atoms with E-state index < -0.39 is 11.5 Å². The fourth-order valence-electron chi connectivity index (χ4n) is 1.90. The molecule has 0 saturated carbocycles. The zero-order chi connectivity index (χ0) is 14.1. The van der Waals surface area contributed by atoms with Crippen LogP contribution in [0.3, 0.4) is 0 Å². The quantitative estimate of drug-likeness (QED) is 0.719. The maximum absolute atomic E-state index is 12.1. The number of nitrogens with zero attached hydrogens (tertiary/aromatic N) is 2. The highest BCUT2D eigenvalue weighted by Gasteiger charge is 2.14. The Morgan fingerprint density at radius 2 is 2.15 bits per heavy atom. The molecule has 2 aromatic heterocycles. The molecule has 0 spiro atoms. The average Bonchev–Trinajstić information content (AvgIpc) is 2.83. The van der Waals surface area contributed by atoms with Crippen LogP contribution in [0.1, 0.15) is 10.4 Å². The molecule has 3 rings (SSSR count). The Hall–Kier alpha value is -2.89. The molecule has 0 aliphatic rings. The first-order valence-corrected chi connectivity index (χ1v) is 5.96. The summed E-state index contributed by atoms with van der Waals surface area (Å²) in [4.78, 5) is 23.9. The first-order chi connectivity index (χ1) is 9.63. The van der Waals surface area contributed by atoms with Gasteiger partial charge in [0.2, 0.25) is 0 Å². The van der Waals surface area contributed by atoms with Crippen LogP contribution >= 0.6 is 0 Å². The number of para-hydroxylation sites is 1. The Kier molecular flexibility index (Phi) is 2.83. The number of hydrogen-bond acceptors (Lipinski definition) is 4. The molecular formula is C14H11N3O3. The first kappa shape index (κ1) is 12.2. The van der Waals surface area contributed by atoms with E-state index in [4.69, 9.17) is 4.42 Å². The van der Waals surface area contributed by atoms with E-state index in [2.05, 4.69) is 10.4 Å². The van der Waals surface area contributed by atoms with Gasteiger partial charge in [-0.25, -0.2) is 4.79 Å². The average molecular weight is 269 g/mol. The van der Waals surface area contributed by atoms with Gasteiger partial charge in [-0.15, -0.1) is 0 Å². The fourth-order valence-corrected chi connectivity index (χ4v) is 1.90. The molecule has 0 atom stereocenters. The number of anilines is 1. The topological polar surface area (TPSA) is 77.1 Å². The zero-order valence-electron chi connectivity index (χ0n) is 10.7. The minimum atomic E-state index is -0.662. The highest BCUT2D eigenvalue weighted by molar-refractivity contribution is 6.05. The van der Waals surface area contributed by atoms with Crippen LogP contribution in [0.4, 0.5) is 5.69 Å². The van der Waals surface area contributed by atoms with Crippen molar-refractivity contribution in [2.75, 3.05) is 5.32 Å². The normalized spacial score (nSPS) is 10.7. The van der Waals surface area contributed by atoms with Crippen molar-refractivity contribution in [2.24, 2.45) is 7.05 Å². The van der Waals surface area contributed by atoms with Gasteiger partial charge in [-0.1, -0.05) is 18.2 Å². The first-order valence-electron chi connectivity index (χ1n) is 5.96. The number of fused-ring (bicyclic) bond motifs is 1. The van der Waals surface area contributed by atoms with Gasteiger partial charge < -0.3 is 9.73 Å². The van der Waals surface area contributed by atoms with Crippen LogP contribution in [0.5, 0.6) is 0 Å². The van der Waals surface area contributed by atoms with Crippen molar-refractivity contribution in [3.05, 3.63) is 58.7 Å². The molecule has 2 heterocycles. The molecule has 0 bridgehead atoms. The number of aromatic nitrogens is 2. The standard InChI is InChI=1S/C14H11N3O3/c1-17-8-10(7-15-17)16-13(18)11-6-9-4-2-3-5-12(9)20-14(11)19/h2-8H,1H3,(H,16,18). The zero-order valence-corrected chi connectivity index (χ0v) is 10.7. The van der Waals surface area contributed by atoms with E-state index in [0.717, 1.165) is 0 Å². The van der Waals surface area contributed by atoms with Crippen LogP contribution in [0.15, 0.2) is 51.9 Å². The molecule has 1 aromatic carbocycles. The van der Waals surface area contributed by atoms with Crippen LogP contribution in [0.2, 0.25) is 0 Å². The van der Waals surface area contributed by atoms with Gasteiger partial charge in [-0.2, -0.15) is 5.10 Å². The molecule has 6 nitrogen and oxygen atoms in total. The second kappa shape index (κ2) is 4.65. The molecule has 0 radical (unpaired) electrons. The van der Waals surface area contributed by atoms with Crippen molar-refractivity contribution in [1.29, 1.82) is 0 Å². The molecule has 0 unspecified atom stereocenters. The second-order valence-electron chi connectivity index (χ2n) is 4.34. The summed E-state index contributed by atoms with van der Waals surface area (Å²) < 4.78 is 6.67. The Balaban J connectivity index is 1.98. The minimum absolute atomic E-state index is 0.0347. The van der Waals surface area contributed by atoms with E-state index in [9.17, 15) is 9.59 Å². The predicted octanol–water partition coefficient (Wildman–Crippen LogP) is 1.78. The van der Waals surface area contributed by atoms with Gasteiger partial charge in [0.15, 0.2) is 0 Å². The molecule has 0 aliphatic heterocycles. The molecule has 6 heteroatoms. The van der Waals surface area contributed by atoms with Gasteiger partial charge in [0.1, 0.15) is 11.1 Å². The Morgan fingerprint density at radius 3 is 2.90 bits per heavy atom. The van der Waals surface area contributed by atoms with E-state index in [1.54, 1.807) is 36.1 Å². The number of carbonyl (C=O) groups excluding carboxylic acids is 1. The van der Waals surface area contributed by atoms with Crippen LogP contribution in [0, 0.1) is 0 Å². The summed E-state index contributed by atoms with van der Waals surface area (Å²) in [7, 11) is 1.74. The van der Waals surface area contributed by atoms with E-state index in [1.165, 1.54) is 12.3 Å². The maximum atomic E-state index is 12.1. The molecule has 20 heavy (non-hydrogen) atoms. The molecular weight excluding hydrogens is 258 g/mol. The SMILES string of the molecule is Cn1cc(NC(=O)c2cc3ccccc3oc2=O)cn1. The molecule has 0 saturated heterocycles. The second-order valence-corrected chi connectivity index (χ2v) is 4.34. The number of nitrogens with one attached hydrogen (secondary N) is 1. The lowest BCUT2D eigenvalue weighted by atomic mass is 10.2. The van der Waals surface area contributed by atoms with Crippen LogP contribution < -0.4 is 10.9 Å². The van der Waals surface area contributed by atoms with Gasteiger partial charge in [0.25, 0.3) is 5.91 Å². The van der Waals surface area contributed by atoms with Gasteiger partial charge in [-0.3, -0.25) is 9.48 Å². The molecule has 0 aliphatic carbocycles. The lowest BCUT2D eigenvalue weighted by Crippen LogP contribution is -2.20. The third-order valence-corrected chi connectivity index (χ3v) is 2.85. The van der Waals surface area contributed by atoms with Crippen molar-refractivity contribution in [1.82, 2.24) is 9.78 Å². The summed E-state index contributed by atoms with van der Waals surface area (Å²) in [5, 5.41) is 7.24. The van der Waals surface area contributed by atoms with E-state index >= 15 is 0 Å². The summed E-state index contributed by atoms with van der Waals surface area (Å²) in [5.41, 5.74) is 0.276. The van der Waals surface area contributed by atoms with Crippen molar-refractivity contribution in [3.8, 4) is 0 Å². The molecule has 1 N–H and O–H groups in total. The fraction of sp³-hybridized carbons (Fsp3) is 0.0714. The number of aryl methyl sites for hydroxylation is 1. The van der Waals surface area contributed by atoms with Crippen LogP contribution in [0.25, 0.3) is 11.0 Å². The number of rotatable bonds is 2. The summed E-state index contributed by atoms with van der Waals surface area (Å²) in [6.45, 7) is 0. The number of benzene rings is 1. The predicted molar refractivity (Wildman–Crippen MR) is 73.6 cm³/mol. The lowest BCUT2D eigenvalue weighted by Gasteiger charge is -2.02. The maximum Gasteiger partial charge on any atom is 0.349 e. The van der Waals surface area contributed by atoms with Crippen LogP contribution in [-0.4, -0.2) is 15.7 Å². The van der Waals surface area contributed by atoms with Crippen molar-refractivity contribution in [3.63, 3.8) is 0 Å². The molecule has 3 aromatic rings. The van der Waals surface area contributed by atoms with E-state index in [-0.39, 0.29) is 5.56 Å². The smallest absolute Gasteiger partial charge is 0.349 e. The molecule has 0 fully saturated rings. The lowest BCUT2D eigenvalue weighted by molar-refractivity contribution is 0.102. The third-order valence-electron chi connectivity index (χ3n) is 2.85. The summed E-state index contributed by atoms with van der Waals surface area (Å²) in [5.74, 6) is -0.516. The number of hydrogen-bond donors (Lipinski definition) is 1. The number of carbonyl (C=O) groups is 1. The molecule has 100 valence electrons. The van der Waals surface area contributed by atoms with Crippen molar-refractivity contribution in [2.45, 2.75) is 0 Å². The summed E-state index contributed by atoms with van der Waals surface area (Å²) in [6, 6.07) is 8.55. The summed E-state index contributed by atoms with van der Waals surface area (Å²) >= 11 is 0. The van der Waals surface area contributed by atoms with E-state index in [1.807, 2.05) is 6.07 Å². The van der Waals surface area contributed by atoms with Crippen molar-refractivity contribution >= 4 is 22.6 Å². The Labute approximate surface area is 113 Å². The van der Waals surface area contributed by atoms with E-state index in [0.29, 0.717) is 16.7 Å². The minimum Gasteiger partial charge on any atom is -0.422 e. The third kappa shape index (κ3) is 2.18. The monoisotopic (exact) mass is 269 g/mol. The summed E-state index contributed by atoms with van der Waals surface area (Å²) in [6.07, 6.45) is 3.14. The Morgan fingerprint density at radius 1 is 1.35 bits per heavy atom. The van der Waals surface area contributed by atoms with Gasteiger partial charge in [0, 0.05) is 18.6 Å². The van der Waals surface area contributed by atoms with Gasteiger partial charge >= 0.3 is 5.63 Å². The highest BCUT2D eigenvalue weighted by atomic mass is 16.4. The largest absolute Gasteiger partial charge is 0.422 e. The number of amides is 1. The van der Waals surface area contributed by atoms with Gasteiger partial charge in [0.05, 0.1) is 11.9 Å².